The number of allylic oxidation sites excluding steroid dienone is 4. The van der Waals surface area contributed by atoms with Crippen LogP contribution in [0.5, 0.6) is 0 Å². The number of amides is 1. The van der Waals surface area contributed by atoms with Crippen molar-refractivity contribution in [2.24, 2.45) is 5.18 Å². The number of carbonyl (C=O) groups excluding carboxylic acids is 1. The predicted octanol–water partition coefficient (Wildman–Crippen LogP) is 2.55. The van der Waals surface area contributed by atoms with Crippen molar-refractivity contribution < 1.29 is 4.79 Å². The molecule has 18 heavy (non-hydrogen) atoms. The first kappa shape index (κ1) is 11.1. The first-order chi connectivity index (χ1) is 8.79. The highest BCUT2D eigenvalue weighted by Gasteiger charge is 2.29. The van der Waals surface area contributed by atoms with E-state index in [0.717, 1.165) is 31.5 Å². The summed E-state index contributed by atoms with van der Waals surface area (Å²) >= 11 is 0. The summed E-state index contributed by atoms with van der Waals surface area (Å²) in [6, 6.07) is 1.71. The van der Waals surface area contributed by atoms with Gasteiger partial charge in [0.15, 0.2) is 5.69 Å². The molecule has 1 aliphatic heterocycles. The van der Waals surface area contributed by atoms with E-state index >= 15 is 0 Å². The van der Waals surface area contributed by atoms with Crippen LogP contribution >= 0.6 is 0 Å². The Morgan fingerprint density at radius 1 is 1.50 bits per heavy atom. The molecule has 0 N–H and O–H groups in total. The van der Waals surface area contributed by atoms with Crippen LogP contribution in [0.3, 0.4) is 0 Å². The zero-order valence-corrected chi connectivity index (χ0v) is 9.87. The Kier molecular flexibility index (Phi) is 2.66. The van der Waals surface area contributed by atoms with E-state index in [2.05, 4.69) is 28.5 Å². The molecule has 92 valence electrons. The van der Waals surface area contributed by atoms with Crippen LogP contribution in [-0.4, -0.2) is 15.7 Å². The van der Waals surface area contributed by atoms with Gasteiger partial charge < -0.3 is 0 Å². The number of hydrogen-bond donors (Lipinski definition) is 0. The molecule has 0 aromatic carbocycles. The van der Waals surface area contributed by atoms with Crippen molar-refractivity contribution in [1.82, 2.24) is 9.78 Å². The Labute approximate surface area is 104 Å². The normalized spacial score (nSPS) is 21.6. The Bertz CT molecular complexity index is 569. The maximum atomic E-state index is 11.2. The molecule has 0 bridgehead atoms. The number of nitrogens with zero attached hydrogens (tertiary/aromatic N) is 3. The van der Waals surface area contributed by atoms with Crippen LogP contribution < -0.4 is 0 Å². The second-order valence-corrected chi connectivity index (χ2v) is 4.62. The monoisotopic (exact) mass is 243 g/mol. The number of nitroso groups, excluding NO2 is 1. The number of hydrogen-bond acceptors (Lipinski definition) is 3. The fraction of sp³-hybridized carbons (Fsp3) is 0.385. The third kappa shape index (κ3) is 1.72. The minimum Gasteiger partial charge on any atom is -0.268 e. The highest BCUT2D eigenvalue weighted by atomic mass is 16.3. The van der Waals surface area contributed by atoms with Gasteiger partial charge in [-0.2, -0.15) is 5.10 Å². The van der Waals surface area contributed by atoms with Crippen molar-refractivity contribution >= 4 is 5.91 Å². The molecule has 1 atom stereocenters. The van der Waals surface area contributed by atoms with Crippen molar-refractivity contribution in [3.05, 3.63) is 46.2 Å². The average molecular weight is 243 g/mol. The van der Waals surface area contributed by atoms with Gasteiger partial charge in [0.2, 0.25) is 0 Å². The molecule has 2 heterocycles. The van der Waals surface area contributed by atoms with Crippen LogP contribution in [0.4, 0.5) is 0 Å². The van der Waals surface area contributed by atoms with Crippen LogP contribution in [0.25, 0.3) is 0 Å². The summed E-state index contributed by atoms with van der Waals surface area (Å²) in [5, 5.41) is 6.55. The van der Waals surface area contributed by atoms with Crippen LogP contribution in [-0.2, 0) is 6.54 Å². The summed E-state index contributed by atoms with van der Waals surface area (Å²) in [5.41, 5.74) is 2.58. The lowest BCUT2D eigenvalue weighted by Crippen LogP contribution is -2.00. The van der Waals surface area contributed by atoms with Crippen LogP contribution in [0.1, 0.15) is 41.4 Å². The third-order valence-corrected chi connectivity index (χ3v) is 3.59. The van der Waals surface area contributed by atoms with Gasteiger partial charge in [0.1, 0.15) is 0 Å². The van der Waals surface area contributed by atoms with Crippen molar-refractivity contribution in [1.29, 1.82) is 0 Å². The summed E-state index contributed by atoms with van der Waals surface area (Å²) in [7, 11) is 0. The molecule has 2 aliphatic rings. The van der Waals surface area contributed by atoms with Gasteiger partial charge in [0, 0.05) is 23.3 Å². The first-order valence-electron chi connectivity index (χ1n) is 6.10. The highest BCUT2D eigenvalue weighted by molar-refractivity contribution is 5.93. The minimum absolute atomic E-state index is 0.164. The van der Waals surface area contributed by atoms with Gasteiger partial charge in [-0.3, -0.25) is 9.48 Å². The Morgan fingerprint density at radius 2 is 2.39 bits per heavy atom. The highest BCUT2D eigenvalue weighted by Crippen LogP contribution is 2.37. The first-order valence-corrected chi connectivity index (χ1v) is 6.10. The van der Waals surface area contributed by atoms with Gasteiger partial charge in [-0.25, -0.2) is 0 Å². The third-order valence-electron chi connectivity index (χ3n) is 3.59. The van der Waals surface area contributed by atoms with E-state index in [0.29, 0.717) is 5.92 Å². The van der Waals surface area contributed by atoms with Gasteiger partial charge in [-0.05, 0) is 25.3 Å². The maximum absolute atomic E-state index is 11.2. The molecule has 1 aliphatic carbocycles. The summed E-state index contributed by atoms with van der Waals surface area (Å²) in [6.45, 7) is 0.799. The van der Waals surface area contributed by atoms with Crippen LogP contribution in [0.2, 0.25) is 0 Å². The fourth-order valence-electron chi connectivity index (χ4n) is 2.73. The molecule has 1 unspecified atom stereocenters. The van der Waals surface area contributed by atoms with Crippen molar-refractivity contribution in [2.45, 2.75) is 31.7 Å². The fourth-order valence-corrected chi connectivity index (χ4v) is 2.73. The lowest BCUT2D eigenvalue weighted by molar-refractivity contribution is 0.0995. The number of fused-ring (bicyclic) bond motifs is 1. The van der Waals surface area contributed by atoms with E-state index in [1.807, 2.05) is 4.68 Å². The maximum Gasteiger partial charge on any atom is 0.336 e. The van der Waals surface area contributed by atoms with Gasteiger partial charge >= 0.3 is 5.91 Å². The number of aryl methyl sites for hydroxylation is 1. The molecule has 1 amide bonds. The molecule has 0 spiro atoms. The lowest BCUT2D eigenvalue weighted by Gasteiger charge is -2.15. The zero-order chi connectivity index (χ0) is 12.5. The summed E-state index contributed by atoms with van der Waals surface area (Å²) < 4.78 is 1.82. The molecule has 1 aromatic rings. The second-order valence-electron chi connectivity index (χ2n) is 4.62. The predicted molar refractivity (Wildman–Crippen MR) is 66.2 cm³/mol. The van der Waals surface area contributed by atoms with E-state index in [9.17, 15) is 9.70 Å². The van der Waals surface area contributed by atoms with E-state index in [4.69, 9.17) is 0 Å². The Morgan fingerprint density at radius 3 is 3.11 bits per heavy atom. The standard InChI is InChI=1S/C13H13N3O2/c17-13(15-18)11-8-12-10(6-7-16(12)14-11)9-4-2-1-3-5-9/h1-2,4,8,10H,3,5-7H2. The Balaban J connectivity index is 1.93. The average Bonchev–Trinajstić information content (AvgIpc) is 2.98. The van der Waals surface area contributed by atoms with Gasteiger partial charge in [0.25, 0.3) is 0 Å². The Hall–Kier alpha value is -2.04. The van der Waals surface area contributed by atoms with Gasteiger partial charge in [0.05, 0.1) is 0 Å². The smallest absolute Gasteiger partial charge is 0.268 e. The van der Waals surface area contributed by atoms with E-state index in [1.54, 1.807) is 6.07 Å². The SMILES string of the molecule is O=NC(=O)c1cc2n(n1)CCC2C1=CC=CCC1. The molecule has 0 saturated carbocycles. The van der Waals surface area contributed by atoms with Crippen molar-refractivity contribution in [2.75, 3.05) is 0 Å². The quantitative estimate of drug-likeness (QED) is 0.750. The number of carbonyl (C=O) groups is 1. The largest absolute Gasteiger partial charge is 0.336 e. The lowest BCUT2D eigenvalue weighted by atomic mass is 9.89. The van der Waals surface area contributed by atoms with E-state index in [-0.39, 0.29) is 5.69 Å². The number of rotatable bonds is 2. The molecule has 3 rings (SSSR count). The molecular formula is C13H13N3O2. The summed E-state index contributed by atoms with van der Waals surface area (Å²) in [5.74, 6) is -0.455. The molecule has 0 fully saturated rings. The molecule has 0 radical (unpaired) electrons. The zero-order valence-electron chi connectivity index (χ0n) is 9.87. The summed E-state index contributed by atoms with van der Waals surface area (Å²) in [4.78, 5) is 21.5. The molecule has 1 aromatic heterocycles. The van der Waals surface area contributed by atoms with Crippen LogP contribution in [0.15, 0.2) is 35.0 Å². The summed E-state index contributed by atoms with van der Waals surface area (Å²) in [6.07, 6.45) is 9.53. The molecule has 5 heteroatoms. The van der Waals surface area contributed by atoms with Crippen molar-refractivity contribution in [3.63, 3.8) is 0 Å². The molecular weight excluding hydrogens is 230 g/mol. The van der Waals surface area contributed by atoms with Crippen molar-refractivity contribution in [3.8, 4) is 0 Å². The van der Waals surface area contributed by atoms with Gasteiger partial charge in [-0.15, -0.1) is 4.91 Å². The van der Waals surface area contributed by atoms with Crippen LogP contribution in [0, 0.1) is 4.91 Å². The minimum atomic E-state index is -0.784. The molecule has 0 saturated heterocycles. The van der Waals surface area contributed by atoms with E-state index < -0.39 is 5.91 Å². The molecule has 5 nitrogen and oxygen atoms in total. The second kappa shape index (κ2) is 4.33. The topological polar surface area (TPSA) is 64.3 Å². The number of aromatic nitrogens is 2. The van der Waals surface area contributed by atoms with E-state index in [1.165, 1.54) is 5.57 Å². The van der Waals surface area contributed by atoms with Gasteiger partial charge in [-0.1, -0.05) is 23.8 Å².